The van der Waals surface area contributed by atoms with Crippen molar-refractivity contribution in [1.82, 2.24) is 19.5 Å². The van der Waals surface area contributed by atoms with Crippen molar-refractivity contribution in [1.29, 1.82) is 0 Å². The van der Waals surface area contributed by atoms with Crippen molar-refractivity contribution in [3.05, 3.63) is 36.3 Å². The van der Waals surface area contributed by atoms with E-state index in [-0.39, 0.29) is 0 Å². The highest BCUT2D eigenvalue weighted by Gasteiger charge is 2.21. The molecular formula is C14H19N5. The average molecular weight is 257 g/mol. The van der Waals surface area contributed by atoms with Gasteiger partial charge in [0, 0.05) is 36.6 Å². The Bertz CT molecular complexity index is 540. The van der Waals surface area contributed by atoms with Crippen LogP contribution in [0.25, 0.3) is 0 Å². The van der Waals surface area contributed by atoms with Gasteiger partial charge in [-0.15, -0.1) is 0 Å². The second-order valence-electron chi connectivity index (χ2n) is 5.58. The van der Waals surface area contributed by atoms with Gasteiger partial charge in [-0.3, -0.25) is 0 Å². The molecule has 0 aromatic carbocycles. The Hall–Kier alpha value is -1.91. The van der Waals surface area contributed by atoms with E-state index in [4.69, 9.17) is 0 Å². The highest BCUT2D eigenvalue weighted by Crippen LogP contribution is 2.18. The zero-order valence-corrected chi connectivity index (χ0v) is 11.4. The summed E-state index contributed by atoms with van der Waals surface area (Å²) in [5, 5.41) is 3.49. The lowest BCUT2D eigenvalue weighted by atomic mass is 10.1. The van der Waals surface area contributed by atoms with Crippen LogP contribution in [-0.2, 0) is 19.4 Å². The van der Waals surface area contributed by atoms with E-state index in [9.17, 15) is 0 Å². The third kappa shape index (κ3) is 2.75. The largest absolute Gasteiger partial charge is 0.365 e. The molecule has 0 fully saturated rings. The summed E-state index contributed by atoms with van der Waals surface area (Å²) in [5.74, 6) is 1.54. The lowest BCUT2D eigenvalue weighted by Crippen LogP contribution is -2.21. The third-order valence-corrected chi connectivity index (χ3v) is 3.36. The molecule has 5 heteroatoms. The second kappa shape index (κ2) is 4.99. The molecule has 0 saturated heterocycles. The van der Waals surface area contributed by atoms with Gasteiger partial charge in [-0.05, 0) is 12.3 Å². The lowest BCUT2D eigenvalue weighted by Gasteiger charge is -2.13. The molecule has 100 valence electrons. The molecule has 1 unspecified atom stereocenters. The zero-order chi connectivity index (χ0) is 13.2. The van der Waals surface area contributed by atoms with Crippen LogP contribution in [0.2, 0.25) is 0 Å². The van der Waals surface area contributed by atoms with Crippen LogP contribution in [0.15, 0.2) is 24.9 Å². The van der Waals surface area contributed by atoms with Crippen molar-refractivity contribution in [2.45, 2.75) is 39.3 Å². The summed E-state index contributed by atoms with van der Waals surface area (Å²) in [6.07, 6.45) is 7.47. The predicted octanol–water partition coefficient (Wildman–Crippen LogP) is 1.91. The zero-order valence-electron chi connectivity index (χ0n) is 11.4. The molecule has 1 atom stereocenters. The SMILES string of the molecule is CC(C)Cc1cc(NC2Cc3cncn3C2)ncn1. The van der Waals surface area contributed by atoms with Gasteiger partial charge < -0.3 is 9.88 Å². The number of anilines is 1. The van der Waals surface area contributed by atoms with Crippen LogP contribution in [0.4, 0.5) is 5.82 Å². The molecule has 3 heterocycles. The Kier molecular flexibility index (Phi) is 3.19. The Labute approximate surface area is 113 Å². The van der Waals surface area contributed by atoms with Gasteiger partial charge in [0.1, 0.15) is 12.1 Å². The van der Waals surface area contributed by atoms with E-state index < -0.39 is 0 Å². The molecule has 1 aliphatic rings. The minimum absolute atomic E-state index is 0.403. The van der Waals surface area contributed by atoms with Gasteiger partial charge in [-0.2, -0.15) is 0 Å². The highest BCUT2D eigenvalue weighted by molar-refractivity contribution is 5.37. The standard InChI is InChI=1S/C14H19N5/c1-10(2)3-11-5-14(17-8-16-11)18-12-4-13-6-15-9-19(13)7-12/h5-6,8-10,12H,3-4,7H2,1-2H3,(H,16,17,18). The highest BCUT2D eigenvalue weighted by atomic mass is 15.1. The Morgan fingerprint density at radius 2 is 2.32 bits per heavy atom. The molecule has 0 aliphatic carbocycles. The third-order valence-electron chi connectivity index (χ3n) is 3.36. The quantitative estimate of drug-likeness (QED) is 0.909. The summed E-state index contributed by atoms with van der Waals surface area (Å²) in [6.45, 7) is 5.36. The van der Waals surface area contributed by atoms with Crippen LogP contribution < -0.4 is 5.32 Å². The fourth-order valence-electron chi connectivity index (χ4n) is 2.55. The summed E-state index contributed by atoms with van der Waals surface area (Å²) < 4.78 is 2.19. The van der Waals surface area contributed by atoms with Gasteiger partial charge in [0.15, 0.2) is 0 Å². The first-order valence-corrected chi connectivity index (χ1v) is 6.77. The first kappa shape index (κ1) is 12.1. The summed E-state index contributed by atoms with van der Waals surface area (Å²) in [7, 11) is 0. The van der Waals surface area contributed by atoms with Gasteiger partial charge in [-0.1, -0.05) is 13.8 Å². The molecule has 1 N–H and O–H groups in total. The Balaban J connectivity index is 1.66. The number of fused-ring (bicyclic) bond motifs is 1. The van der Waals surface area contributed by atoms with Gasteiger partial charge in [0.05, 0.1) is 12.4 Å². The summed E-state index contributed by atoms with van der Waals surface area (Å²) in [6, 6.07) is 2.46. The predicted molar refractivity (Wildman–Crippen MR) is 73.9 cm³/mol. The van der Waals surface area contributed by atoms with Gasteiger partial charge in [0.2, 0.25) is 0 Å². The maximum Gasteiger partial charge on any atom is 0.129 e. The minimum Gasteiger partial charge on any atom is -0.365 e. The van der Waals surface area contributed by atoms with Crippen LogP contribution in [-0.4, -0.2) is 25.6 Å². The van der Waals surface area contributed by atoms with Crippen molar-refractivity contribution < 1.29 is 0 Å². The fraction of sp³-hybridized carbons (Fsp3) is 0.500. The average Bonchev–Trinajstić information content (AvgIpc) is 2.89. The van der Waals surface area contributed by atoms with Crippen LogP contribution in [0, 0.1) is 5.92 Å². The van der Waals surface area contributed by atoms with Crippen LogP contribution >= 0.6 is 0 Å². The van der Waals surface area contributed by atoms with Gasteiger partial charge in [0.25, 0.3) is 0 Å². The van der Waals surface area contributed by atoms with E-state index in [1.807, 2.05) is 12.5 Å². The van der Waals surface area contributed by atoms with E-state index in [1.54, 1.807) is 6.33 Å². The van der Waals surface area contributed by atoms with Crippen LogP contribution in [0.5, 0.6) is 0 Å². The number of hydrogen-bond donors (Lipinski definition) is 1. The molecule has 5 nitrogen and oxygen atoms in total. The maximum atomic E-state index is 4.32. The molecule has 2 aromatic rings. The molecule has 3 rings (SSSR count). The minimum atomic E-state index is 0.403. The molecule has 0 amide bonds. The van der Waals surface area contributed by atoms with Crippen molar-refractivity contribution in [3.8, 4) is 0 Å². The topological polar surface area (TPSA) is 55.6 Å². The first-order valence-electron chi connectivity index (χ1n) is 6.77. The normalized spacial score (nSPS) is 17.7. The molecular weight excluding hydrogens is 238 g/mol. The number of hydrogen-bond acceptors (Lipinski definition) is 4. The van der Waals surface area contributed by atoms with E-state index >= 15 is 0 Å². The van der Waals surface area contributed by atoms with Crippen molar-refractivity contribution in [2.24, 2.45) is 5.92 Å². The van der Waals surface area contributed by atoms with Crippen molar-refractivity contribution in [3.63, 3.8) is 0 Å². The van der Waals surface area contributed by atoms with Crippen molar-refractivity contribution in [2.75, 3.05) is 5.32 Å². The summed E-state index contributed by atoms with van der Waals surface area (Å²) in [5.41, 5.74) is 2.39. The smallest absolute Gasteiger partial charge is 0.129 e. The summed E-state index contributed by atoms with van der Waals surface area (Å²) in [4.78, 5) is 12.8. The second-order valence-corrected chi connectivity index (χ2v) is 5.58. The van der Waals surface area contributed by atoms with E-state index in [0.717, 1.165) is 30.9 Å². The molecule has 1 aliphatic heterocycles. The monoisotopic (exact) mass is 257 g/mol. The fourth-order valence-corrected chi connectivity index (χ4v) is 2.55. The van der Waals surface area contributed by atoms with Crippen LogP contribution in [0.3, 0.4) is 0 Å². The molecule has 0 bridgehead atoms. The number of imidazole rings is 1. The van der Waals surface area contributed by atoms with Gasteiger partial charge >= 0.3 is 0 Å². The number of aromatic nitrogens is 4. The van der Waals surface area contributed by atoms with E-state index in [2.05, 4.69) is 44.7 Å². The van der Waals surface area contributed by atoms with E-state index in [1.165, 1.54) is 5.69 Å². The molecule has 0 radical (unpaired) electrons. The van der Waals surface area contributed by atoms with E-state index in [0.29, 0.717) is 12.0 Å². The Morgan fingerprint density at radius 1 is 1.42 bits per heavy atom. The number of rotatable bonds is 4. The van der Waals surface area contributed by atoms with Crippen molar-refractivity contribution >= 4 is 5.82 Å². The van der Waals surface area contributed by atoms with Gasteiger partial charge in [-0.25, -0.2) is 15.0 Å². The molecule has 2 aromatic heterocycles. The molecule has 0 saturated carbocycles. The Morgan fingerprint density at radius 3 is 3.11 bits per heavy atom. The first-order chi connectivity index (χ1) is 9.20. The molecule has 0 spiro atoms. The lowest BCUT2D eigenvalue weighted by molar-refractivity contribution is 0.632. The molecule has 19 heavy (non-hydrogen) atoms. The maximum absolute atomic E-state index is 4.32. The van der Waals surface area contributed by atoms with Crippen LogP contribution in [0.1, 0.15) is 25.2 Å². The number of nitrogens with zero attached hydrogens (tertiary/aromatic N) is 4. The number of nitrogens with one attached hydrogen (secondary N) is 1. The summed E-state index contributed by atoms with van der Waals surface area (Å²) >= 11 is 0.